The zero-order chi connectivity index (χ0) is 15.6. The Balaban J connectivity index is 1.38. The van der Waals surface area contributed by atoms with Gasteiger partial charge in [0.2, 0.25) is 0 Å². The molecule has 1 atom stereocenters. The average molecular weight is 329 g/mol. The largest absolute Gasteiger partial charge is 0.462 e. The smallest absolute Gasteiger partial charge is 0.162 e. The highest BCUT2D eigenvalue weighted by Crippen LogP contribution is 2.24. The second-order valence-corrected chi connectivity index (χ2v) is 6.59. The summed E-state index contributed by atoms with van der Waals surface area (Å²) in [7, 11) is 0. The third-order valence-corrected chi connectivity index (χ3v) is 5.10. The Morgan fingerprint density at radius 2 is 2.39 bits per heavy atom. The van der Waals surface area contributed by atoms with Gasteiger partial charge < -0.3 is 14.3 Å². The van der Waals surface area contributed by atoms with E-state index in [4.69, 9.17) is 4.42 Å². The number of hydrogen-bond acceptors (Lipinski definition) is 6. The lowest BCUT2D eigenvalue weighted by Gasteiger charge is -2.25. The molecule has 0 saturated carbocycles. The van der Waals surface area contributed by atoms with Crippen molar-refractivity contribution in [2.75, 3.05) is 0 Å². The predicted octanol–water partition coefficient (Wildman–Crippen LogP) is 2.66. The van der Waals surface area contributed by atoms with Crippen LogP contribution in [0, 0.1) is 0 Å². The van der Waals surface area contributed by atoms with E-state index in [-0.39, 0.29) is 0 Å². The van der Waals surface area contributed by atoms with Gasteiger partial charge >= 0.3 is 0 Å². The number of hydrogen-bond donors (Lipinski definition) is 1. The molecule has 6 nitrogen and oxygen atoms in total. The Bertz CT molecular complexity index is 763. The monoisotopic (exact) mass is 329 g/mol. The maximum Gasteiger partial charge on any atom is 0.162 e. The molecule has 3 aromatic rings. The number of rotatable bonds is 5. The van der Waals surface area contributed by atoms with Crippen LogP contribution in [-0.2, 0) is 25.9 Å². The molecule has 0 fully saturated rings. The van der Waals surface area contributed by atoms with Gasteiger partial charge in [-0.05, 0) is 18.6 Å². The quantitative estimate of drug-likeness (QED) is 0.779. The molecule has 0 aromatic carbocycles. The van der Waals surface area contributed by atoms with Crippen LogP contribution in [0.1, 0.15) is 30.7 Å². The minimum Gasteiger partial charge on any atom is -0.462 e. The second kappa shape index (κ2) is 6.25. The SMILES string of the molecule is CCc1nnc2n1C[C@@H](NCc1csc(-c3ccco3)n1)CC2. The Labute approximate surface area is 138 Å². The molecule has 120 valence electrons. The normalized spacial score (nSPS) is 17.3. The van der Waals surface area contributed by atoms with Crippen LogP contribution < -0.4 is 5.32 Å². The summed E-state index contributed by atoms with van der Waals surface area (Å²) >= 11 is 1.62. The van der Waals surface area contributed by atoms with Crippen molar-refractivity contribution in [2.24, 2.45) is 0 Å². The van der Waals surface area contributed by atoms with Gasteiger partial charge in [0.25, 0.3) is 0 Å². The summed E-state index contributed by atoms with van der Waals surface area (Å²) in [5, 5.41) is 15.2. The lowest BCUT2D eigenvalue weighted by Crippen LogP contribution is -2.37. The molecular weight excluding hydrogens is 310 g/mol. The summed E-state index contributed by atoms with van der Waals surface area (Å²) in [6.45, 7) is 3.85. The third-order valence-electron chi connectivity index (χ3n) is 4.20. The first-order valence-corrected chi connectivity index (χ1v) is 8.84. The molecule has 1 aliphatic heterocycles. The molecule has 0 bridgehead atoms. The number of furan rings is 1. The van der Waals surface area contributed by atoms with E-state index in [1.54, 1.807) is 17.6 Å². The van der Waals surface area contributed by atoms with Crippen LogP contribution >= 0.6 is 11.3 Å². The minimum absolute atomic E-state index is 0.442. The summed E-state index contributed by atoms with van der Waals surface area (Å²) < 4.78 is 7.65. The average Bonchev–Trinajstić information content (AvgIpc) is 3.31. The molecule has 1 N–H and O–H groups in total. The summed E-state index contributed by atoms with van der Waals surface area (Å²) in [5.41, 5.74) is 1.06. The fraction of sp³-hybridized carbons (Fsp3) is 0.438. The molecule has 0 aliphatic carbocycles. The molecule has 3 aromatic heterocycles. The second-order valence-electron chi connectivity index (χ2n) is 5.73. The lowest BCUT2D eigenvalue weighted by molar-refractivity contribution is 0.372. The molecule has 4 heterocycles. The van der Waals surface area contributed by atoms with Crippen molar-refractivity contribution >= 4 is 11.3 Å². The first kappa shape index (κ1) is 14.6. The Morgan fingerprint density at radius 3 is 3.22 bits per heavy atom. The van der Waals surface area contributed by atoms with Gasteiger partial charge in [-0.2, -0.15) is 0 Å². The molecule has 7 heteroatoms. The van der Waals surface area contributed by atoms with Crippen molar-refractivity contribution in [2.45, 2.75) is 45.3 Å². The van der Waals surface area contributed by atoms with E-state index in [2.05, 4.69) is 37.4 Å². The van der Waals surface area contributed by atoms with Crippen molar-refractivity contribution in [3.8, 4) is 10.8 Å². The van der Waals surface area contributed by atoms with E-state index in [1.165, 1.54) is 0 Å². The molecule has 0 radical (unpaired) electrons. The third kappa shape index (κ3) is 2.94. The summed E-state index contributed by atoms with van der Waals surface area (Å²) in [6.07, 6.45) is 4.69. The fourth-order valence-electron chi connectivity index (χ4n) is 2.96. The van der Waals surface area contributed by atoms with Gasteiger partial charge in [-0.3, -0.25) is 0 Å². The van der Waals surface area contributed by atoms with Crippen LogP contribution in [0.15, 0.2) is 28.2 Å². The van der Waals surface area contributed by atoms with E-state index >= 15 is 0 Å². The maximum atomic E-state index is 5.39. The predicted molar refractivity (Wildman–Crippen MR) is 88.2 cm³/mol. The Hall–Kier alpha value is -1.99. The maximum absolute atomic E-state index is 5.39. The van der Waals surface area contributed by atoms with Crippen molar-refractivity contribution in [3.63, 3.8) is 0 Å². The Morgan fingerprint density at radius 1 is 1.43 bits per heavy atom. The number of aromatic nitrogens is 4. The summed E-state index contributed by atoms with van der Waals surface area (Å²) in [4.78, 5) is 4.64. The van der Waals surface area contributed by atoms with Gasteiger partial charge in [0, 0.05) is 37.4 Å². The zero-order valence-electron chi connectivity index (χ0n) is 13.0. The summed E-state index contributed by atoms with van der Waals surface area (Å²) in [6, 6.07) is 4.27. The number of nitrogens with zero attached hydrogens (tertiary/aromatic N) is 4. The topological polar surface area (TPSA) is 68.8 Å². The highest BCUT2D eigenvalue weighted by molar-refractivity contribution is 7.13. The van der Waals surface area contributed by atoms with Gasteiger partial charge in [0.15, 0.2) is 10.8 Å². The first-order chi connectivity index (χ1) is 11.3. The van der Waals surface area contributed by atoms with Gasteiger partial charge in [-0.25, -0.2) is 4.98 Å². The van der Waals surface area contributed by atoms with Crippen LogP contribution in [0.3, 0.4) is 0 Å². The fourth-order valence-corrected chi connectivity index (χ4v) is 3.75. The molecular formula is C16H19N5OS. The van der Waals surface area contributed by atoms with E-state index in [9.17, 15) is 0 Å². The molecule has 1 aliphatic rings. The highest BCUT2D eigenvalue weighted by Gasteiger charge is 2.22. The van der Waals surface area contributed by atoms with E-state index in [1.807, 2.05) is 12.1 Å². The van der Waals surface area contributed by atoms with Gasteiger partial charge in [0.05, 0.1) is 12.0 Å². The van der Waals surface area contributed by atoms with Crippen LogP contribution in [-0.4, -0.2) is 25.8 Å². The molecule has 0 saturated heterocycles. The van der Waals surface area contributed by atoms with Crippen LogP contribution in [0.2, 0.25) is 0 Å². The number of fused-ring (bicyclic) bond motifs is 1. The van der Waals surface area contributed by atoms with Crippen molar-refractivity contribution in [1.29, 1.82) is 0 Å². The zero-order valence-corrected chi connectivity index (χ0v) is 13.8. The molecule has 0 spiro atoms. The van der Waals surface area contributed by atoms with E-state index in [0.29, 0.717) is 6.04 Å². The van der Waals surface area contributed by atoms with Gasteiger partial charge in [0.1, 0.15) is 11.6 Å². The van der Waals surface area contributed by atoms with E-state index < -0.39 is 0 Å². The summed E-state index contributed by atoms with van der Waals surface area (Å²) in [5.74, 6) is 3.04. The molecule has 0 amide bonds. The van der Waals surface area contributed by atoms with Gasteiger partial charge in [-0.1, -0.05) is 6.92 Å². The first-order valence-electron chi connectivity index (χ1n) is 7.96. The number of thiazole rings is 1. The van der Waals surface area contributed by atoms with Crippen LogP contribution in [0.4, 0.5) is 0 Å². The number of nitrogens with one attached hydrogen (secondary N) is 1. The van der Waals surface area contributed by atoms with E-state index in [0.717, 1.165) is 60.5 Å². The van der Waals surface area contributed by atoms with Crippen molar-refractivity contribution in [1.82, 2.24) is 25.1 Å². The minimum atomic E-state index is 0.442. The van der Waals surface area contributed by atoms with Crippen LogP contribution in [0.5, 0.6) is 0 Å². The highest BCUT2D eigenvalue weighted by atomic mass is 32.1. The van der Waals surface area contributed by atoms with Crippen LogP contribution in [0.25, 0.3) is 10.8 Å². The molecule has 4 rings (SSSR count). The van der Waals surface area contributed by atoms with Crippen molar-refractivity contribution in [3.05, 3.63) is 41.1 Å². The molecule has 23 heavy (non-hydrogen) atoms. The lowest BCUT2D eigenvalue weighted by atomic mass is 10.1. The van der Waals surface area contributed by atoms with Crippen molar-refractivity contribution < 1.29 is 4.42 Å². The standard InChI is InChI=1S/C16H19N5OS/c1-2-14-19-20-15-6-5-11(9-21(14)15)17-8-12-10-23-16(18-12)13-4-3-7-22-13/h3-4,7,10-11,17H,2,5-6,8-9H2,1H3/t11-/m0/s1. The van der Waals surface area contributed by atoms with Gasteiger partial charge in [-0.15, -0.1) is 21.5 Å². The Kier molecular flexibility index (Phi) is 3.97. The number of aryl methyl sites for hydroxylation is 2. The molecule has 0 unspecified atom stereocenters.